The third-order valence-corrected chi connectivity index (χ3v) is 8.06. The summed E-state index contributed by atoms with van der Waals surface area (Å²) >= 11 is 12.1. The topological polar surface area (TPSA) is 128 Å². The highest BCUT2D eigenvalue weighted by atomic mass is 35.5. The van der Waals surface area contributed by atoms with E-state index in [1.807, 2.05) is 0 Å². The lowest BCUT2D eigenvalue weighted by Crippen LogP contribution is -2.30. The second-order valence-electron chi connectivity index (χ2n) is 8.73. The van der Waals surface area contributed by atoms with Crippen LogP contribution in [-0.4, -0.2) is 35.8 Å². The van der Waals surface area contributed by atoms with E-state index >= 15 is 0 Å². The molecule has 1 heterocycles. The van der Waals surface area contributed by atoms with E-state index in [1.54, 1.807) is 62.5 Å². The van der Waals surface area contributed by atoms with Crippen molar-refractivity contribution in [1.82, 2.24) is 9.36 Å². The fourth-order valence-corrected chi connectivity index (χ4v) is 5.64. The van der Waals surface area contributed by atoms with Crippen molar-refractivity contribution in [2.75, 3.05) is 10.0 Å². The molecule has 0 aliphatic heterocycles. The Bertz CT molecular complexity index is 1770. The second-order valence-corrected chi connectivity index (χ2v) is 11.2. The Hall–Kier alpha value is -4.06. The first-order valence-corrected chi connectivity index (χ1v) is 14.1. The van der Waals surface area contributed by atoms with Gasteiger partial charge >= 0.3 is 5.97 Å². The van der Waals surface area contributed by atoms with Crippen molar-refractivity contribution in [2.24, 2.45) is 7.05 Å². The summed E-state index contributed by atoms with van der Waals surface area (Å²) in [4.78, 5) is 38.0. The second kappa shape index (κ2) is 11.6. The molecule has 0 bridgehead atoms. The molecule has 4 aromatic rings. The Kier molecular flexibility index (Phi) is 8.38. The minimum Gasteiger partial charge on any atom is -0.449 e. The number of para-hydroxylation sites is 1. The van der Waals surface area contributed by atoms with Gasteiger partial charge in [-0.05, 0) is 62.4 Å². The maximum Gasteiger partial charge on any atom is 0.338 e. The number of rotatable bonds is 8. The zero-order valence-corrected chi connectivity index (χ0v) is 23.8. The smallest absolute Gasteiger partial charge is 0.338 e. The molecule has 0 saturated heterocycles. The molecule has 0 radical (unpaired) electrons. The van der Waals surface area contributed by atoms with Crippen LogP contribution >= 0.6 is 23.2 Å². The lowest BCUT2D eigenvalue weighted by atomic mass is 10.2. The van der Waals surface area contributed by atoms with Gasteiger partial charge in [0.15, 0.2) is 6.10 Å². The van der Waals surface area contributed by atoms with Crippen molar-refractivity contribution in [3.8, 4) is 5.69 Å². The summed E-state index contributed by atoms with van der Waals surface area (Å²) in [5, 5.41) is 2.80. The largest absolute Gasteiger partial charge is 0.449 e. The summed E-state index contributed by atoms with van der Waals surface area (Å²) in [6.45, 7) is 2.95. The molecule has 1 atom stereocenters. The van der Waals surface area contributed by atoms with Crippen molar-refractivity contribution in [3.63, 3.8) is 0 Å². The van der Waals surface area contributed by atoms with E-state index in [2.05, 4.69) is 10.0 Å². The highest BCUT2D eigenvalue weighted by Gasteiger charge is 2.26. The van der Waals surface area contributed by atoms with Crippen LogP contribution in [0.15, 0.2) is 82.5 Å². The van der Waals surface area contributed by atoms with Gasteiger partial charge < -0.3 is 10.1 Å². The standard InChI is InChI=1S/C27H24Cl2N4O6S/c1-16-24(26(35)33(32(16)3)21-10-5-4-6-11-21)31-40(37,38)23-14-18(12-13-22(23)29)27(36)39-17(2)25(34)30-20-9-7-8-19(28)15-20/h4-15,17,31H,1-3H3,(H,30,34)/t17-/m1/s1. The van der Waals surface area contributed by atoms with Crippen molar-refractivity contribution >= 4 is 56.5 Å². The fourth-order valence-electron chi connectivity index (χ4n) is 3.80. The molecule has 10 nitrogen and oxygen atoms in total. The molecular weight excluding hydrogens is 579 g/mol. The van der Waals surface area contributed by atoms with Gasteiger partial charge in [-0.1, -0.05) is 47.5 Å². The van der Waals surface area contributed by atoms with Crippen LogP contribution < -0.4 is 15.6 Å². The fraction of sp³-hybridized carbons (Fsp3) is 0.148. The highest BCUT2D eigenvalue weighted by Crippen LogP contribution is 2.26. The minimum absolute atomic E-state index is 0.168. The summed E-state index contributed by atoms with van der Waals surface area (Å²) < 4.78 is 37.1. The number of nitrogens with zero attached hydrogens (tertiary/aromatic N) is 2. The number of ether oxygens (including phenoxy) is 1. The summed E-state index contributed by atoms with van der Waals surface area (Å²) in [6.07, 6.45) is -1.22. The van der Waals surface area contributed by atoms with Gasteiger partial charge in [0.25, 0.3) is 21.5 Å². The molecule has 0 spiro atoms. The normalized spacial score (nSPS) is 12.0. The highest BCUT2D eigenvalue weighted by molar-refractivity contribution is 7.92. The van der Waals surface area contributed by atoms with Gasteiger partial charge in [-0.2, -0.15) is 0 Å². The monoisotopic (exact) mass is 602 g/mol. The van der Waals surface area contributed by atoms with Gasteiger partial charge in [-0.25, -0.2) is 17.9 Å². The van der Waals surface area contributed by atoms with Crippen LogP contribution in [0.3, 0.4) is 0 Å². The number of carbonyl (C=O) groups is 2. The Balaban J connectivity index is 1.56. The van der Waals surface area contributed by atoms with E-state index in [0.29, 0.717) is 22.1 Å². The molecule has 1 amide bonds. The number of aromatic nitrogens is 2. The van der Waals surface area contributed by atoms with Crippen LogP contribution in [0.25, 0.3) is 5.69 Å². The summed E-state index contributed by atoms with van der Waals surface area (Å²) in [5.41, 5.74) is 0.360. The van der Waals surface area contributed by atoms with Crippen LogP contribution in [-0.2, 0) is 26.6 Å². The van der Waals surface area contributed by atoms with E-state index in [0.717, 1.165) is 6.07 Å². The van der Waals surface area contributed by atoms with Crippen LogP contribution in [0.5, 0.6) is 0 Å². The summed E-state index contributed by atoms with van der Waals surface area (Å²) in [5.74, 6) is -1.57. The lowest BCUT2D eigenvalue weighted by Gasteiger charge is -2.14. The summed E-state index contributed by atoms with van der Waals surface area (Å²) in [6, 6.07) is 18.6. The first-order chi connectivity index (χ1) is 18.9. The average Bonchev–Trinajstić information content (AvgIpc) is 3.11. The molecule has 1 aromatic heterocycles. The Morgan fingerprint density at radius 2 is 1.68 bits per heavy atom. The third kappa shape index (κ3) is 6.06. The lowest BCUT2D eigenvalue weighted by molar-refractivity contribution is -0.123. The summed E-state index contributed by atoms with van der Waals surface area (Å²) in [7, 11) is -2.81. The van der Waals surface area contributed by atoms with E-state index in [-0.39, 0.29) is 16.3 Å². The predicted octanol–water partition coefficient (Wildman–Crippen LogP) is 4.78. The van der Waals surface area contributed by atoms with Gasteiger partial charge in [0.05, 0.1) is 22.0 Å². The molecule has 3 aromatic carbocycles. The van der Waals surface area contributed by atoms with Gasteiger partial charge in [-0.15, -0.1) is 0 Å². The number of amides is 1. The van der Waals surface area contributed by atoms with E-state index < -0.39 is 38.5 Å². The van der Waals surface area contributed by atoms with Gasteiger partial charge in [0.2, 0.25) is 0 Å². The number of carbonyl (C=O) groups excluding carboxylic acids is 2. The van der Waals surface area contributed by atoms with E-state index in [9.17, 15) is 22.8 Å². The molecule has 0 saturated carbocycles. The van der Waals surface area contributed by atoms with Gasteiger partial charge in [-0.3, -0.25) is 19.0 Å². The number of anilines is 2. The SMILES string of the molecule is Cc1c(NS(=O)(=O)c2cc(C(=O)O[C@H](C)C(=O)Nc3cccc(Cl)c3)ccc2Cl)c(=O)n(-c2ccccc2)n1C. The van der Waals surface area contributed by atoms with Crippen molar-refractivity contribution in [3.05, 3.63) is 104 Å². The predicted molar refractivity (Wildman–Crippen MR) is 153 cm³/mol. The molecule has 40 heavy (non-hydrogen) atoms. The van der Waals surface area contributed by atoms with Crippen molar-refractivity contribution in [1.29, 1.82) is 0 Å². The van der Waals surface area contributed by atoms with E-state index in [1.165, 1.54) is 34.5 Å². The quantitative estimate of drug-likeness (QED) is 0.279. The van der Waals surface area contributed by atoms with Crippen molar-refractivity contribution in [2.45, 2.75) is 24.8 Å². The number of halogens is 2. The first-order valence-electron chi connectivity index (χ1n) is 11.8. The number of esters is 1. The van der Waals surface area contributed by atoms with Gasteiger partial charge in [0.1, 0.15) is 10.6 Å². The van der Waals surface area contributed by atoms with E-state index in [4.69, 9.17) is 27.9 Å². The Labute approximate surface area is 240 Å². The number of sulfonamides is 1. The molecule has 208 valence electrons. The van der Waals surface area contributed by atoms with Crippen molar-refractivity contribution < 1.29 is 22.7 Å². The maximum absolute atomic E-state index is 13.3. The Morgan fingerprint density at radius 1 is 0.975 bits per heavy atom. The number of hydrogen-bond acceptors (Lipinski definition) is 6. The molecule has 0 aliphatic carbocycles. The van der Waals surface area contributed by atoms with Crippen LogP contribution in [0.2, 0.25) is 10.0 Å². The molecule has 0 aliphatic rings. The number of benzene rings is 3. The third-order valence-electron chi connectivity index (χ3n) is 5.99. The van der Waals surface area contributed by atoms with Crippen LogP contribution in [0, 0.1) is 6.92 Å². The number of nitrogens with one attached hydrogen (secondary N) is 2. The zero-order valence-electron chi connectivity index (χ0n) is 21.5. The molecule has 0 unspecified atom stereocenters. The maximum atomic E-state index is 13.3. The zero-order chi connectivity index (χ0) is 29.2. The molecule has 2 N–H and O–H groups in total. The average molecular weight is 603 g/mol. The van der Waals surface area contributed by atoms with Crippen LogP contribution in [0.4, 0.5) is 11.4 Å². The number of hydrogen-bond donors (Lipinski definition) is 2. The molecule has 4 rings (SSSR count). The molecular formula is C27H24Cl2N4O6S. The van der Waals surface area contributed by atoms with Gasteiger partial charge in [0, 0.05) is 17.8 Å². The Morgan fingerprint density at radius 3 is 2.35 bits per heavy atom. The molecule has 0 fully saturated rings. The molecule has 13 heteroatoms. The first kappa shape index (κ1) is 28.9. The van der Waals surface area contributed by atoms with Crippen LogP contribution in [0.1, 0.15) is 23.0 Å². The minimum atomic E-state index is -4.43.